The van der Waals surface area contributed by atoms with Gasteiger partial charge in [-0.3, -0.25) is 14.6 Å². The van der Waals surface area contributed by atoms with Crippen LogP contribution >= 0.6 is 15.9 Å². The molecule has 0 bridgehead atoms. The largest absolute Gasteiger partial charge is 0.283 e. The van der Waals surface area contributed by atoms with Gasteiger partial charge in [0, 0.05) is 7.05 Å². The van der Waals surface area contributed by atoms with Crippen molar-refractivity contribution in [1.82, 2.24) is 25.0 Å². The number of hydrogen-bond acceptors (Lipinski definition) is 4. The summed E-state index contributed by atoms with van der Waals surface area (Å²) in [7, 11) is 1.69. The monoisotopic (exact) mass is 255 g/mol. The number of ketones is 1. The molecule has 1 N–H and O–H groups in total. The summed E-state index contributed by atoms with van der Waals surface area (Å²) in [5, 5.41) is 10.1. The Kier molecular flexibility index (Phi) is 2.16. The van der Waals surface area contributed by atoms with Crippen molar-refractivity contribution in [3.63, 3.8) is 0 Å². The first kappa shape index (κ1) is 9.07. The van der Waals surface area contributed by atoms with Gasteiger partial charge in [0.15, 0.2) is 5.82 Å². The molecule has 72 valence electrons. The van der Waals surface area contributed by atoms with Gasteiger partial charge in [0.1, 0.15) is 12.0 Å². The highest BCUT2D eigenvalue weighted by atomic mass is 79.9. The summed E-state index contributed by atoms with van der Waals surface area (Å²) in [4.78, 5) is 15.6. The molecule has 0 aliphatic heterocycles. The van der Waals surface area contributed by atoms with Crippen LogP contribution in [0.2, 0.25) is 0 Å². The molecule has 2 aromatic rings. The number of hydrogen-bond donors (Lipinski definition) is 1. The fourth-order valence-electron chi connectivity index (χ4n) is 1.09. The summed E-state index contributed by atoms with van der Waals surface area (Å²) in [5.74, 6) is -0.0383. The van der Waals surface area contributed by atoms with Gasteiger partial charge in [0.05, 0.1) is 10.7 Å². The topological polar surface area (TPSA) is 76.5 Å². The zero-order valence-electron chi connectivity index (χ0n) is 7.23. The van der Waals surface area contributed by atoms with Gasteiger partial charge in [-0.2, -0.15) is 10.2 Å². The van der Waals surface area contributed by atoms with E-state index >= 15 is 0 Å². The normalized spacial score (nSPS) is 10.4. The van der Waals surface area contributed by atoms with Gasteiger partial charge in [0.25, 0.3) is 0 Å². The molecule has 0 unspecified atom stereocenters. The Hall–Kier alpha value is -1.50. The highest BCUT2D eigenvalue weighted by Crippen LogP contribution is 2.17. The molecular weight excluding hydrogens is 250 g/mol. The first-order valence-corrected chi connectivity index (χ1v) is 4.57. The molecular formula is C7H6BrN5O. The lowest BCUT2D eigenvalue weighted by atomic mass is 10.3. The van der Waals surface area contributed by atoms with E-state index in [1.807, 2.05) is 0 Å². The number of carbonyl (C=O) groups excluding carboxylic acids is 1. The highest BCUT2D eigenvalue weighted by Gasteiger charge is 2.19. The van der Waals surface area contributed by atoms with E-state index in [1.165, 1.54) is 11.0 Å². The molecule has 0 spiro atoms. The van der Waals surface area contributed by atoms with Crippen LogP contribution in [0, 0.1) is 0 Å². The molecule has 2 rings (SSSR count). The van der Waals surface area contributed by atoms with Crippen LogP contribution in [0.1, 0.15) is 16.3 Å². The lowest BCUT2D eigenvalue weighted by Crippen LogP contribution is -2.10. The second kappa shape index (κ2) is 3.33. The Bertz CT molecular complexity index is 441. The molecule has 0 radical (unpaired) electrons. The predicted octanol–water partition coefficient (Wildman–Crippen LogP) is 0.532. The number of aromatic amines is 1. The number of halogens is 1. The van der Waals surface area contributed by atoms with Crippen molar-refractivity contribution >= 4 is 21.7 Å². The minimum atomic E-state index is -0.241. The average molecular weight is 256 g/mol. The summed E-state index contributed by atoms with van der Waals surface area (Å²) < 4.78 is 2.12. The van der Waals surface area contributed by atoms with Crippen molar-refractivity contribution in [2.24, 2.45) is 7.05 Å². The Morgan fingerprint density at radius 3 is 2.93 bits per heavy atom. The minimum absolute atomic E-state index is 0.203. The maximum atomic E-state index is 11.8. The van der Waals surface area contributed by atoms with Gasteiger partial charge in [-0.25, -0.2) is 4.98 Å². The summed E-state index contributed by atoms with van der Waals surface area (Å²) in [6.45, 7) is 0. The highest BCUT2D eigenvalue weighted by molar-refractivity contribution is 9.10. The summed E-state index contributed by atoms with van der Waals surface area (Å²) in [6, 6.07) is 0. The number of nitrogens with one attached hydrogen (secondary N) is 1. The molecule has 0 atom stereocenters. The molecule has 6 nitrogen and oxygen atoms in total. The van der Waals surface area contributed by atoms with Gasteiger partial charge in [-0.15, -0.1) is 0 Å². The van der Waals surface area contributed by atoms with Crippen LogP contribution in [-0.4, -0.2) is 30.7 Å². The first-order chi connectivity index (χ1) is 6.70. The molecule has 7 heteroatoms. The molecule has 0 saturated carbocycles. The third-order valence-corrected chi connectivity index (χ3v) is 2.32. The number of nitrogens with zero attached hydrogens (tertiary/aromatic N) is 4. The zero-order valence-corrected chi connectivity index (χ0v) is 8.82. The summed E-state index contributed by atoms with van der Waals surface area (Å²) >= 11 is 3.24. The molecule has 2 heterocycles. The van der Waals surface area contributed by atoms with E-state index in [0.29, 0.717) is 10.2 Å². The fourth-order valence-corrected chi connectivity index (χ4v) is 1.62. The smallest absolute Gasteiger partial charge is 0.248 e. The third kappa shape index (κ3) is 1.35. The quantitative estimate of drug-likeness (QED) is 0.795. The van der Waals surface area contributed by atoms with E-state index in [-0.39, 0.29) is 11.6 Å². The maximum Gasteiger partial charge on any atom is 0.248 e. The zero-order chi connectivity index (χ0) is 10.1. The van der Waals surface area contributed by atoms with Crippen molar-refractivity contribution < 1.29 is 4.79 Å². The number of H-pyrrole nitrogens is 1. The van der Waals surface area contributed by atoms with Crippen molar-refractivity contribution in [3.8, 4) is 0 Å². The van der Waals surface area contributed by atoms with Crippen molar-refractivity contribution in [2.45, 2.75) is 0 Å². The molecule has 2 aromatic heterocycles. The van der Waals surface area contributed by atoms with Gasteiger partial charge >= 0.3 is 0 Å². The number of aryl methyl sites for hydroxylation is 1. The van der Waals surface area contributed by atoms with Crippen LogP contribution in [-0.2, 0) is 7.05 Å². The molecule has 0 aliphatic carbocycles. The fraction of sp³-hybridized carbons (Fsp3) is 0.143. The summed E-state index contributed by atoms with van der Waals surface area (Å²) in [5.41, 5.74) is 0.446. The molecule has 14 heavy (non-hydrogen) atoms. The second-order valence-corrected chi connectivity index (χ2v) is 3.48. The van der Waals surface area contributed by atoms with E-state index in [0.717, 1.165) is 0 Å². The van der Waals surface area contributed by atoms with Gasteiger partial charge in [0.2, 0.25) is 5.78 Å². The number of aromatic nitrogens is 5. The Balaban J connectivity index is 2.46. The Morgan fingerprint density at radius 2 is 2.43 bits per heavy atom. The van der Waals surface area contributed by atoms with E-state index in [9.17, 15) is 4.79 Å². The third-order valence-electron chi connectivity index (χ3n) is 1.74. The van der Waals surface area contributed by atoms with Crippen LogP contribution in [0.5, 0.6) is 0 Å². The van der Waals surface area contributed by atoms with E-state index in [2.05, 4.69) is 36.2 Å². The van der Waals surface area contributed by atoms with Crippen LogP contribution in [0.3, 0.4) is 0 Å². The second-order valence-electron chi connectivity index (χ2n) is 2.63. The Morgan fingerprint density at radius 1 is 1.64 bits per heavy atom. The van der Waals surface area contributed by atoms with Crippen LogP contribution in [0.15, 0.2) is 17.0 Å². The summed E-state index contributed by atoms with van der Waals surface area (Å²) in [6.07, 6.45) is 2.85. The maximum absolute atomic E-state index is 11.8. The number of carbonyl (C=O) groups is 1. The average Bonchev–Trinajstić information content (AvgIpc) is 2.75. The molecule has 0 fully saturated rings. The standard InChI is InChI=1S/C7H6BrN5O/c1-13-5(4(8)2-11-13)6(14)7-9-3-10-12-7/h2-3H,1H3,(H,9,10,12). The number of rotatable bonds is 2. The Labute approximate surface area is 87.5 Å². The van der Waals surface area contributed by atoms with Gasteiger partial charge in [-0.1, -0.05) is 0 Å². The first-order valence-electron chi connectivity index (χ1n) is 3.77. The van der Waals surface area contributed by atoms with Gasteiger partial charge in [-0.05, 0) is 15.9 Å². The van der Waals surface area contributed by atoms with Crippen molar-refractivity contribution in [1.29, 1.82) is 0 Å². The van der Waals surface area contributed by atoms with Crippen LogP contribution in [0.4, 0.5) is 0 Å². The van der Waals surface area contributed by atoms with E-state index < -0.39 is 0 Å². The van der Waals surface area contributed by atoms with Crippen molar-refractivity contribution in [3.05, 3.63) is 28.5 Å². The molecule has 0 saturated heterocycles. The van der Waals surface area contributed by atoms with Crippen molar-refractivity contribution in [2.75, 3.05) is 0 Å². The lowest BCUT2D eigenvalue weighted by molar-refractivity contribution is 0.102. The SMILES string of the molecule is Cn1ncc(Br)c1C(=O)c1ncn[nH]1. The predicted molar refractivity (Wildman–Crippen MR) is 50.7 cm³/mol. The van der Waals surface area contributed by atoms with E-state index in [4.69, 9.17) is 0 Å². The molecule has 0 amide bonds. The van der Waals surface area contributed by atoms with Crippen LogP contribution < -0.4 is 0 Å². The van der Waals surface area contributed by atoms with Gasteiger partial charge < -0.3 is 0 Å². The molecule has 0 aromatic carbocycles. The lowest BCUT2D eigenvalue weighted by Gasteiger charge is -1.97. The van der Waals surface area contributed by atoms with Crippen LogP contribution in [0.25, 0.3) is 0 Å². The molecule has 0 aliphatic rings. The minimum Gasteiger partial charge on any atom is -0.283 e. The van der Waals surface area contributed by atoms with E-state index in [1.54, 1.807) is 13.2 Å².